The normalized spacial score (nSPS) is 17.6. The lowest BCUT2D eigenvalue weighted by atomic mass is 9.82. The molecule has 3 aromatic carbocycles. The number of nitrogens with zero attached hydrogens (tertiary/aromatic N) is 2. The molecule has 39 heavy (non-hydrogen) atoms. The highest BCUT2D eigenvalue weighted by atomic mass is 127. The Balaban J connectivity index is 1.15. The largest absolute Gasteiger partial charge is 0.386 e. The molecular formula is C30H31F3IN3O2. The van der Waals surface area contributed by atoms with Gasteiger partial charge in [0.15, 0.2) is 11.6 Å². The lowest BCUT2D eigenvalue weighted by Gasteiger charge is -2.47. The highest BCUT2D eigenvalue weighted by molar-refractivity contribution is 14.1. The molecule has 0 radical (unpaired) electrons. The molecule has 206 valence electrons. The molecule has 5 nitrogen and oxygen atoms in total. The van der Waals surface area contributed by atoms with Crippen LogP contribution in [0.5, 0.6) is 0 Å². The summed E-state index contributed by atoms with van der Waals surface area (Å²) in [6, 6.07) is 16.8. The Bertz CT molecular complexity index is 1330. The number of benzene rings is 3. The van der Waals surface area contributed by atoms with Crippen molar-refractivity contribution in [1.82, 2.24) is 9.80 Å². The van der Waals surface area contributed by atoms with E-state index in [1.165, 1.54) is 28.7 Å². The topological polar surface area (TPSA) is 55.8 Å². The number of rotatable bonds is 8. The predicted molar refractivity (Wildman–Crippen MR) is 153 cm³/mol. The van der Waals surface area contributed by atoms with Gasteiger partial charge < -0.3 is 15.3 Å². The number of β-amino-alcohol motifs (C(OH)–C–C–N with tert-alkyl or cyclic N) is 1. The summed E-state index contributed by atoms with van der Waals surface area (Å²) in [6.07, 6.45) is 3.60. The number of nitrogens with one attached hydrogen (secondary N) is 1. The second kappa shape index (κ2) is 11.9. The standard InChI is InChI=1S/C30H31F3IN3O2/c31-24-8-7-23(28(27(24)33)35-26-9-6-22(34)16-25(26)32)29(38)37-18-30(39,19-37)13-10-20-11-14-36(15-12-20)17-21-4-2-1-3-5-21/h1-9,16,20,35,39H,10-15,17-19H2. The minimum Gasteiger partial charge on any atom is -0.386 e. The van der Waals surface area contributed by atoms with Gasteiger partial charge in [-0.05, 0) is 103 Å². The van der Waals surface area contributed by atoms with Crippen molar-refractivity contribution in [2.24, 2.45) is 5.92 Å². The molecule has 3 aromatic rings. The van der Waals surface area contributed by atoms with Crippen LogP contribution >= 0.6 is 22.6 Å². The molecular weight excluding hydrogens is 618 g/mol. The number of carbonyl (C=O) groups is 1. The number of halogens is 4. The van der Waals surface area contributed by atoms with Gasteiger partial charge in [0.1, 0.15) is 5.82 Å². The maximum atomic E-state index is 14.7. The molecule has 2 N–H and O–H groups in total. The van der Waals surface area contributed by atoms with E-state index in [1.54, 1.807) is 6.07 Å². The van der Waals surface area contributed by atoms with Crippen LogP contribution in [0.1, 0.15) is 41.6 Å². The molecule has 2 aliphatic rings. The molecule has 0 saturated carbocycles. The molecule has 2 heterocycles. The number of amides is 1. The van der Waals surface area contributed by atoms with Crippen molar-refractivity contribution >= 4 is 39.9 Å². The SMILES string of the molecule is O=C(c1ccc(F)c(F)c1Nc1ccc(I)cc1F)N1CC(O)(CCC2CCN(Cc3ccccc3)CC2)C1. The summed E-state index contributed by atoms with van der Waals surface area (Å²) in [5, 5.41) is 13.6. The number of carbonyl (C=O) groups excluding carboxylic acids is 1. The van der Waals surface area contributed by atoms with Crippen molar-refractivity contribution in [3.8, 4) is 0 Å². The van der Waals surface area contributed by atoms with Crippen molar-refractivity contribution in [3.05, 3.63) is 92.8 Å². The van der Waals surface area contributed by atoms with E-state index >= 15 is 0 Å². The fourth-order valence-electron chi connectivity index (χ4n) is 5.46. The second-order valence-corrected chi connectivity index (χ2v) is 11.9. The fourth-order valence-corrected chi connectivity index (χ4v) is 5.91. The van der Waals surface area contributed by atoms with E-state index in [4.69, 9.17) is 0 Å². The number of piperidine rings is 1. The number of anilines is 2. The lowest BCUT2D eigenvalue weighted by molar-refractivity contribution is -0.0895. The average molecular weight is 649 g/mol. The van der Waals surface area contributed by atoms with Crippen LogP contribution in [0.3, 0.4) is 0 Å². The van der Waals surface area contributed by atoms with Gasteiger partial charge in [-0.15, -0.1) is 0 Å². The minimum atomic E-state index is -1.26. The van der Waals surface area contributed by atoms with Gasteiger partial charge in [-0.2, -0.15) is 0 Å². The fraction of sp³-hybridized carbons (Fsp3) is 0.367. The number of likely N-dealkylation sites (tertiary alicyclic amines) is 2. The first-order chi connectivity index (χ1) is 18.7. The number of aliphatic hydroxyl groups is 1. The van der Waals surface area contributed by atoms with Gasteiger partial charge in [0.05, 0.1) is 35.6 Å². The third-order valence-corrected chi connectivity index (χ3v) is 8.42. The summed E-state index contributed by atoms with van der Waals surface area (Å²) >= 11 is 1.94. The summed E-state index contributed by atoms with van der Waals surface area (Å²) in [5.41, 5.74) is -0.278. The lowest BCUT2D eigenvalue weighted by Crippen LogP contribution is -2.63. The van der Waals surface area contributed by atoms with Gasteiger partial charge in [0.25, 0.3) is 5.91 Å². The molecule has 0 bridgehead atoms. The molecule has 1 amide bonds. The van der Waals surface area contributed by atoms with Crippen molar-refractivity contribution < 1.29 is 23.1 Å². The van der Waals surface area contributed by atoms with Crippen LogP contribution in [0.2, 0.25) is 0 Å². The molecule has 0 aliphatic carbocycles. The molecule has 2 fully saturated rings. The Morgan fingerprint density at radius 1 is 1.00 bits per heavy atom. The van der Waals surface area contributed by atoms with Crippen LogP contribution in [0.25, 0.3) is 0 Å². The summed E-state index contributed by atoms with van der Waals surface area (Å²) in [4.78, 5) is 17.1. The van der Waals surface area contributed by atoms with Gasteiger partial charge in [-0.1, -0.05) is 30.3 Å². The molecule has 9 heteroatoms. The quantitative estimate of drug-likeness (QED) is 0.280. The second-order valence-electron chi connectivity index (χ2n) is 10.7. The van der Waals surface area contributed by atoms with Crippen LogP contribution in [-0.2, 0) is 6.54 Å². The minimum absolute atomic E-state index is 0.0658. The third kappa shape index (κ3) is 6.58. The summed E-state index contributed by atoms with van der Waals surface area (Å²) in [5.74, 6) is -3.06. The van der Waals surface area contributed by atoms with Crippen LogP contribution < -0.4 is 5.32 Å². The summed E-state index contributed by atoms with van der Waals surface area (Å²) in [6.45, 7) is 3.24. The van der Waals surface area contributed by atoms with Crippen LogP contribution in [0.4, 0.5) is 24.5 Å². The molecule has 0 unspecified atom stereocenters. The number of hydrogen-bond acceptors (Lipinski definition) is 4. The van der Waals surface area contributed by atoms with Crippen molar-refractivity contribution in [1.29, 1.82) is 0 Å². The molecule has 2 aliphatic heterocycles. The zero-order chi connectivity index (χ0) is 27.6. The summed E-state index contributed by atoms with van der Waals surface area (Å²) in [7, 11) is 0. The zero-order valence-corrected chi connectivity index (χ0v) is 23.6. The van der Waals surface area contributed by atoms with Crippen molar-refractivity contribution in [3.63, 3.8) is 0 Å². The van der Waals surface area contributed by atoms with Gasteiger partial charge in [0.2, 0.25) is 0 Å². The Hall–Kier alpha value is -2.63. The third-order valence-electron chi connectivity index (χ3n) is 7.75. The van der Waals surface area contributed by atoms with Gasteiger partial charge in [-0.3, -0.25) is 9.69 Å². The predicted octanol–water partition coefficient (Wildman–Crippen LogP) is 6.33. The Morgan fingerprint density at radius 3 is 2.41 bits per heavy atom. The Kier molecular flexibility index (Phi) is 8.49. The van der Waals surface area contributed by atoms with E-state index in [0.717, 1.165) is 45.0 Å². The van der Waals surface area contributed by atoms with E-state index in [0.29, 0.717) is 15.9 Å². The molecule has 0 spiro atoms. The van der Waals surface area contributed by atoms with E-state index in [9.17, 15) is 23.1 Å². The van der Waals surface area contributed by atoms with Crippen LogP contribution in [0, 0.1) is 26.9 Å². The Labute approximate surface area is 240 Å². The highest BCUT2D eigenvalue weighted by Crippen LogP contribution is 2.35. The first kappa shape index (κ1) is 27.9. The molecule has 5 rings (SSSR count). The molecule has 0 atom stereocenters. The summed E-state index contributed by atoms with van der Waals surface area (Å²) < 4.78 is 43.8. The van der Waals surface area contributed by atoms with Gasteiger partial charge >= 0.3 is 0 Å². The van der Waals surface area contributed by atoms with E-state index in [-0.39, 0.29) is 24.3 Å². The van der Waals surface area contributed by atoms with Crippen LogP contribution in [-0.4, -0.2) is 52.6 Å². The maximum absolute atomic E-state index is 14.7. The maximum Gasteiger partial charge on any atom is 0.256 e. The van der Waals surface area contributed by atoms with Crippen LogP contribution in [0.15, 0.2) is 60.7 Å². The van der Waals surface area contributed by atoms with Crippen molar-refractivity contribution in [2.75, 3.05) is 31.5 Å². The van der Waals surface area contributed by atoms with E-state index in [1.807, 2.05) is 28.7 Å². The monoisotopic (exact) mass is 649 g/mol. The Morgan fingerprint density at radius 2 is 1.72 bits per heavy atom. The first-order valence-electron chi connectivity index (χ1n) is 13.2. The molecule has 2 saturated heterocycles. The van der Waals surface area contributed by atoms with E-state index < -0.39 is 34.6 Å². The van der Waals surface area contributed by atoms with Crippen molar-refractivity contribution in [2.45, 2.75) is 37.8 Å². The molecule has 0 aromatic heterocycles. The average Bonchev–Trinajstić information content (AvgIpc) is 2.91. The van der Waals surface area contributed by atoms with E-state index in [2.05, 4.69) is 34.5 Å². The smallest absolute Gasteiger partial charge is 0.256 e. The van der Waals surface area contributed by atoms with Gasteiger partial charge in [0, 0.05) is 10.1 Å². The van der Waals surface area contributed by atoms with Gasteiger partial charge in [-0.25, -0.2) is 13.2 Å². The zero-order valence-electron chi connectivity index (χ0n) is 21.5. The highest BCUT2D eigenvalue weighted by Gasteiger charge is 2.44. The first-order valence-corrected chi connectivity index (χ1v) is 14.3. The number of hydrogen-bond donors (Lipinski definition) is 2.